The van der Waals surface area contributed by atoms with Gasteiger partial charge in [0.15, 0.2) is 0 Å². The third-order valence-electron chi connectivity index (χ3n) is 3.51. The van der Waals surface area contributed by atoms with Crippen LogP contribution in [0.25, 0.3) is 0 Å². The van der Waals surface area contributed by atoms with Gasteiger partial charge in [-0.1, -0.05) is 31.2 Å². The molecule has 2 aromatic carbocycles. The molecule has 3 heteroatoms. The summed E-state index contributed by atoms with van der Waals surface area (Å²) in [6.07, 6.45) is 0. The monoisotopic (exact) mass is 275 g/mol. The number of nitrogens with one attached hydrogen (secondary N) is 1. The van der Waals surface area contributed by atoms with E-state index in [-0.39, 0.29) is 23.5 Å². The molecule has 2 aromatic rings. The van der Waals surface area contributed by atoms with Crippen LogP contribution in [0.5, 0.6) is 0 Å². The SMILES string of the molecule is CNCC(C)C(c1cccc(F)c1)c1cccc(F)c1. The first-order valence-electron chi connectivity index (χ1n) is 6.77. The highest BCUT2D eigenvalue weighted by molar-refractivity contribution is 5.34. The predicted molar refractivity (Wildman–Crippen MR) is 77.7 cm³/mol. The second kappa shape index (κ2) is 6.62. The van der Waals surface area contributed by atoms with Gasteiger partial charge in [-0.05, 0) is 54.9 Å². The number of benzene rings is 2. The van der Waals surface area contributed by atoms with E-state index in [1.807, 2.05) is 19.2 Å². The van der Waals surface area contributed by atoms with Crippen molar-refractivity contribution in [2.75, 3.05) is 13.6 Å². The van der Waals surface area contributed by atoms with Crippen molar-refractivity contribution in [3.05, 3.63) is 71.3 Å². The van der Waals surface area contributed by atoms with Crippen LogP contribution in [-0.4, -0.2) is 13.6 Å². The van der Waals surface area contributed by atoms with Crippen LogP contribution in [0.1, 0.15) is 24.0 Å². The maximum Gasteiger partial charge on any atom is 0.123 e. The molecular weight excluding hydrogens is 256 g/mol. The highest BCUT2D eigenvalue weighted by Gasteiger charge is 2.21. The second-order valence-electron chi connectivity index (χ2n) is 5.12. The lowest BCUT2D eigenvalue weighted by Crippen LogP contribution is -2.23. The molecular formula is C17H19F2N. The van der Waals surface area contributed by atoms with E-state index >= 15 is 0 Å². The van der Waals surface area contributed by atoms with Crippen LogP contribution in [0.2, 0.25) is 0 Å². The molecule has 0 heterocycles. The second-order valence-corrected chi connectivity index (χ2v) is 5.12. The Morgan fingerprint density at radius 1 is 0.950 bits per heavy atom. The van der Waals surface area contributed by atoms with Crippen LogP contribution < -0.4 is 5.32 Å². The van der Waals surface area contributed by atoms with Crippen molar-refractivity contribution < 1.29 is 8.78 Å². The minimum atomic E-state index is -0.263. The Labute approximate surface area is 118 Å². The molecule has 0 aromatic heterocycles. The Kier molecular flexibility index (Phi) is 4.85. The average molecular weight is 275 g/mol. The molecule has 1 nitrogen and oxygen atoms in total. The van der Waals surface area contributed by atoms with Crippen molar-refractivity contribution in [1.29, 1.82) is 0 Å². The van der Waals surface area contributed by atoms with Gasteiger partial charge in [0.05, 0.1) is 0 Å². The van der Waals surface area contributed by atoms with Crippen LogP contribution >= 0.6 is 0 Å². The third-order valence-corrected chi connectivity index (χ3v) is 3.51. The van der Waals surface area contributed by atoms with Gasteiger partial charge < -0.3 is 5.32 Å². The van der Waals surface area contributed by atoms with Gasteiger partial charge in [0.25, 0.3) is 0 Å². The largest absolute Gasteiger partial charge is 0.319 e. The van der Waals surface area contributed by atoms with Gasteiger partial charge in [0, 0.05) is 5.92 Å². The molecule has 1 atom stereocenters. The molecule has 0 aliphatic heterocycles. The van der Waals surface area contributed by atoms with Gasteiger partial charge in [-0.15, -0.1) is 0 Å². The Hall–Kier alpha value is -1.74. The van der Waals surface area contributed by atoms with Crippen molar-refractivity contribution in [3.63, 3.8) is 0 Å². The number of halogens is 2. The number of hydrogen-bond acceptors (Lipinski definition) is 1. The zero-order valence-electron chi connectivity index (χ0n) is 11.7. The normalized spacial score (nSPS) is 12.7. The summed E-state index contributed by atoms with van der Waals surface area (Å²) >= 11 is 0. The van der Waals surface area contributed by atoms with Gasteiger partial charge in [-0.25, -0.2) is 8.78 Å². The summed E-state index contributed by atoms with van der Waals surface area (Å²) < 4.78 is 27.0. The molecule has 106 valence electrons. The summed E-state index contributed by atoms with van der Waals surface area (Å²) in [5.74, 6) is -0.335. The van der Waals surface area contributed by atoms with Gasteiger partial charge >= 0.3 is 0 Å². The zero-order valence-corrected chi connectivity index (χ0v) is 11.7. The summed E-state index contributed by atoms with van der Waals surface area (Å²) in [7, 11) is 1.88. The van der Waals surface area contributed by atoms with Crippen molar-refractivity contribution in [3.8, 4) is 0 Å². The Morgan fingerprint density at radius 2 is 1.45 bits per heavy atom. The van der Waals surface area contributed by atoms with Gasteiger partial charge in [-0.2, -0.15) is 0 Å². The van der Waals surface area contributed by atoms with Crippen LogP contribution in [-0.2, 0) is 0 Å². The summed E-state index contributed by atoms with van der Waals surface area (Å²) in [5, 5.41) is 3.13. The summed E-state index contributed by atoms with van der Waals surface area (Å²) in [6, 6.07) is 13.1. The third kappa shape index (κ3) is 3.42. The summed E-state index contributed by atoms with van der Waals surface area (Å²) in [5.41, 5.74) is 1.75. The van der Waals surface area contributed by atoms with Crippen LogP contribution in [0.4, 0.5) is 8.78 Å². The lowest BCUT2D eigenvalue weighted by Gasteiger charge is -2.25. The van der Waals surface area contributed by atoms with Gasteiger partial charge in [-0.3, -0.25) is 0 Å². The minimum absolute atomic E-state index is 0.0335. The van der Waals surface area contributed by atoms with E-state index in [4.69, 9.17) is 0 Å². The van der Waals surface area contributed by atoms with E-state index in [2.05, 4.69) is 12.2 Å². The summed E-state index contributed by atoms with van der Waals surface area (Å²) in [4.78, 5) is 0. The molecule has 1 N–H and O–H groups in total. The van der Waals surface area contributed by atoms with Crippen LogP contribution in [0, 0.1) is 17.6 Å². The highest BCUT2D eigenvalue weighted by atomic mass is 19.1. The van der Waals surface area contributed by atoms with Crippen molar-refractivity contribution >= 4 is 0 Å². The molecule has 0 aliphatic rings. The van der Waals surface area contributed by atoms with Crippen molar-refractivity contribution in [2.45, 2.75) is 12.8 Å². The first-order valence-corrected chi connectivity index (χ1v) is 6.77. The predicted octanol–water partition coefficient (Wildman–Crippen LogP) is 3.95. The fourth-order valence-electron chi connectivity index (χ4n) is 2.69. The molecule has 0 bridgehead atoms. The average Bonchev–Trinajstić information content (AvgIpc) is 2.39. The Balaban J connectivity index is 2.44. The fraction of sp³-hybridized carbons (Fsp3) is 0.294. The zero-order chi connectivity index (χ0) is 14.5. The van der Waals surface area contributed by atoms with Crippen LogP contribution in [0.15, 0.2) is 48.5 Å². The first-order chi connectivity index (χ1) is 9.61. The highest BCUT2D eigenvalue weighted by Crippen LogP contribution is 2.32. The van der Waals surface area contributed by atoms with E-state index in [1.165, 1.54) is 24.3 Å². The molecule has 0 aliphatic carbocycles. The molecule has 20 heavy (non-hydrogen) atoms. The standard InChI is InChI=1S/C17H19F2N/c1-12(11-20-2)17(13-5-3-7-15(18)9-13)14-6-4-8-16(19)10-14/h3-10,12,17,20H,11H2,1-2H3. The van der Waals surface area contributed by atoms with Gasteiger partial charge in [0.2, 0.25) is 0 Å². The first kappa shape index (κ1) is 14.7. The maximum atomic E-state index is 13.5. The fourth-order valence-corrected chi connectivity index (χ4v) is 2.69. The van der Waals surface area contributed by atoms with E-state index in [0.717, 1.165) is 17.7 Å². The molecule has 0 fully saturated rings. The molecule has 0 saturated heterocycles. The quantitative estimate of drug-likeness (QED) is 0.871. The van der Waals surface area contributed by atoms with Crippen molar-refractivity contribution in [2.24, 2.45) is 5.92 Å². The molecule has 0 spiro atoms. The Bertz CT molecular complexity index is 523. The summed E-state index contributed by atoms with van der Waals surface area (Å²) in [6.45, 7) is 2.86. The molecule has 0 amide bonds. The smallest absolute Gasteiger partial charge is 0.123 e. The molecule has 1 unspecified atom stereocenters. The van der Waals surface area contributed by atoms with E-state index in [0.29, 0.717) is 0 Å². The lowest BCUT2D eigenvalue weighted by molar-refractivity contribution is 0.482. The Morgan fingerprint density at radius 3 is 1.85 bits per heavy atom. The van der Waals surface area contributed by atoms with E-state index in [9.17, 15) is 8.78 Å². The number of rotatable bonds is 5. The van der Waals surface area contributed by atoms with E-state index < -0.39 is 0 Å². The van der Waals surface area contributed by atoms with Crippen LogP contribution in [0.3, 0.4) is 0 Å². The van der Waals surface area contributed by atoms with Gasteiger partial charge in [0.1, 0.15) is 11.6 Å². The maximum absolute atomic E-state index is 13.5. The molecule has 0 radical (unpaired) electrons. The van der Waals surface area contributed by atoms with E-state index in [1.54, 1.807) is 12.1 Å². The molecule has 0 saturated carbocycles. The van der Waals surface area contributed by atoms with Crippen molar-refractivity contribution in [1.82, 2.24) is 5.32 Å². The molecule has 2 rings (SSSR count). The topological polar surface area (TPSA) is 12.0 Å². The number of hydrogen-bond donors (Lipinski definition) is 1. The minimum Gasteiger partial charge on any atom is -0.319 e. The lowest BCUT2D eigenvalue weighted by atomic mass is 9.81.